The third-order valence-electron chi connectivity index (χ3n) is 8.16. The normalized spacial score (nSPS) is 27.1. The number of aliphatic imine (C=N–C) groups is 1. The summed E-state index contributed by atoms with van der Waals surface area (Å²) < 4.78 is 43.4. The van der Waals surface area contributed by atoms with Crippen LogP contribution in [-0.4, -0.2) is 70.8 Å². The van der Waals surface area contributed by atoms with E-state index in [-0.39, 0.29) is 47.3 Å². The van der Waals surface area contributed by atoms with Gasteiger partial charge in [0.1, 0.15) is 11.4 Å². The van der Waals surface area contributed by atoms with Gasteiger partial charge in [-0.15, -0.1) is 0 Å². The van der Waals surface area contributed by atoms with Crippen molar-refractivity contribution in [1.29, 1.82) is 0 Å². The number of rotatable bonds is 8. The Balaban J connectivity index is 0.000000616. The van der Waals surface area contributed by atoms with Gasteiger partial charge in [-0.3, -0.25) is 14.5 Å². The van der Waals surface area contributed by atoms with Crippen LogP contribution < -0.4 is 15.8 Å². The minimum atomic E-state index is -5.08. The number of ether oxygens (including phenoxy) is 2. The summed E-state index contributed by atoms with van der Waals surface area (Å²) in [4.78, 5) is 41.5. The number of para-hydroxylation sites is 1. The van der Waals surface area contributed by atoms with E-state index in [4.69, 9.17) is 25.1 Å². The van der Waals surface area contributed by atoms with Crippen LogP contribution in [0.5, 0.6) is 5.75 Å². The van der Waals surface area contributed by atoms with Gasteiger partial charge in [0.05, 0.1) is 18.0 Å². The number of amides is 2. The Kier molecular flexibility index (Phi) is 9.85. The van der Waals surface area contributed by atoms with Crippen molar-refractivity contribution in [2.75, 3.05) is 13.7 Å². The molecule has 2 aliphatic heterocycles. The topological polar surface area (TPSA) is 144 Å². The molecule has 5 atom stereocenters. The van der Waals surface area contributed by atoms with E-state index in [0.29, 0.717) is 38.2 Å². The van der Waals surface area contributed by atoms with Gasteiger partial charge < -0.3 is 25.6 Å². The number of carbonyl (C=O) groups excluding carboxylic acids is 2. The quantitative estimate of drug-likeness (QED) is 0.410. The van der Waals surface area contributed by atoms with Gasteiger partial charge in [-0.2, -0.15) is 13.2 Å². The number of hydrogen-bond acceptors (Lipinski definition) is 7. The molecule has 4 rings (SSSR count). The number of fused-ring (bicyclic) bond motifs is 1. The summed E-state index contributed by atoms with van der Waals surface area (Å²) in [7, 11) is 1.64. The van der Waals surface area contributed by atoms with E-state index in [1.807, 2.05) is 38.1 Å². The Morgan fingerprint density at radius 3 is 2.43 bits per heavy atom. The highest BCUT2D eigenvalue weighted by molar-refractivity contribution is 5.99. The number of nitrogens with one attached hydrogen (secondary N) is 1. The van der Waals surface area contributed by atoms with Crippen LogP contribution in [0.25, 0.3) is 0 Å². The lowest BCUT2D eigenvalue weighted by Gasteiger charge is -2.43. The molecular formula is C29H41F3N4O6. The molecule has 3 aliphatic rings. The van der Waals surface area contributed by atoms with Gasteiger partial charge in [-0.25, -0.2) is 9.79 Å². The van der Waals surface area contributed by atoms with Gasteiger partial charge in [0, 0.05) is 37.7 Å². The maximum Gasteiger partial charge on any atom is 0.490 e. The summed E-state index contributed by atoms with van der Waals surface area (Å²) in [5.41, 5.74) is 6.40. The predicted molar refractivity (Wildman–Crippen MR) is 149 cm³/mol. The second-order valence-electron chi connectivity index (χ2n) is 12.3. The van der Waals surface area contributed by atoms with Crippen LogP contribution in [0.15, 0.2) is 29.3 Å². The third-order valence-corrected chi connectivity index (χ3v) is 8.16. The summed E-state index contributed by atoms with van der Waals surface area (Å²) in [5.74, 6) is -1.57. The molecule has 42 heavy (non-hydrogen) atoms. The predicted octanol–water partition coefficient (Wildman–Crippen LogP) is 4.04. The van der Waals surface area contributed by atoms with Gasteiger partial charge in [-0.1, -0.05) is 32.0 Å². The number of nitrogens with two attached hydrogens (primary N) is 1. The zero-order valence-electron chi connectivity index (χ0n) is 24.8. The second-order valence-corrected chi connectivity index (χ2v) is 12.3. The minimum absolute atomic E-state index is 0.0190. The van der Waals surface area contributed by atoms with E-state index in [9.17, 15) is 22.8 Å². The minimum Gasteiger partial charge on any atom is -0.487 e. The van der Waals surface area contributed by atoms with E-state index >= 15 is 0 Å². The Hall–Kier alpha value is -3.35. The van der Waals surface area contributed by atoms with Crippen molar-refractivity contribution in [2.24, 2.45) is 28.5 Å². The standard InChI is InChI=1S/C27H40N4O4.C2HF3O2/c1-16(2)27(5)14-20(17-9-7-8-10-22(17)35-27)29-24(33)19-13-18(19)21(11-12-34-6)31-23(32)15-26(3,4)30-25(31)28;3-2(4,5)1(6)7/h7-10,16,18-21H,11-15H2,1-6H3,(H2,28,30)(H,29,33);(H,6,7)/t18-,19-,20?,21-,27?;/m1./s1. The average molecular weight is 599 g/mol. The molecule has 13 heteroatoms. The Bertz CT molecular complexity index is 1200. The molecule has 1 aromatic rings. The van der Waals surface area contributed by atoms with Crippen LogP contribution in [0.2, 0.25) is 0 Å². The number of alkyl halides is 3. The molecule has 0 bridgehead atoms. The fraction of sp³-hybridized carbons (Fsp3) is 0.655. The third kappa shape index (κ3) is 7.73. The van der Waals surface area contributed by atoms with E-state index in [2.05, 4.69) is 31.1 Å². The molecule has 1 saturated carbocycles. The molecule has 0 spiro atoms. The lowest BCUT2D eigenvalue weighted by molar-refractivity contribution is -0.192. The van der Waals surface area contributed by atoms with Crippen molar-refractivity contribution in [1.82, 2.24) is 10.2 Å². The number of carbonyl (C=O) groups is 3. The highest BCUT2D eigenvalue weighted by Gasteiger charge is 2.53. The molecule has 2 unspecified atom stereocenters. The fourth-order valence-electron chi connectivity index (χ4n) is 5.49. The van der Waals surface area contributed by atoms with Crippen molar-refractivity contribution < 1.29 is 42.1 Å². The Morgan fingerprint density at radius 2 is 1.88 bits per heavy atom. The molecule has 0 aromatic heterocycles. The second kappa shape index (κ2) is 12.5. The average Bonchev–Trinajstić information content (AvgIpc) is 3.65. The van der Waals surface area contributed by atoms with Crippen LogP contribution in [0.4, 0.5) is 13.2 Å². The number of aliphatic carboxylic acids is 1. The number of hydrogen-bond donors (Lipinski definition) is 3. The first kappa shape index (κ1) is 33.2. The largest absolute Gasteiger partial charge is 0.490 e. The molecule has 2 heterocycles. The fourth-order valence-corrected chi connectivity index (χ4v) is 5.49. The van der Waals surface area contributed by atoms with Crippen molar-refractivity contribution in [3.05, 3.63) is 29.8 Å². The number of guanidine groups is 1. The molecule has 4 N–H and O–H groups in total. The van der Waals surface area contributed by atoms with Crippen LogP contribution in [-0.2, 0) is 19.1 Å². The number of benzene rings is 1. The van der Waals surface area contributed by atoms with Gasteiger partial charge in [-0.05, 0) is 51.5 Å². The van der Waals surface area contributed by atoms with E-state index in [1.165, 1.54) is 0 Å². The summed E-state index contributed by atoms with van der Waals surface area (Å²) in [6.07, 6.45) is -2.75. The van der Waals surface area contributed by atoms with Gasteiger partial charge in [0.2, 0.25) is 11.8 Å². The Labute approximate surface area is 243 Å². The smallest absolute Gasteiger partial charge is 0.487 e. The molecule has 1 fully saturated rings. The first-order chi connectivity index (χ1) is 19.4. The molecule has 2 amide bonds. The van der Waals surface area contributed by atoms with E-state index in [0.717, 1.165) is 11.3 Å². The first-order valence-corrected chi connectivity index (χ1v) is 13.9. The van der Waals surface area contributed by atoms with E-state index < -0.39 is 17.7 Å². The lowest BCUT2D eigenvalue weighted by Crippen LogP contribution is -2.55. The molecule has 10 nitrogen and oxygen atoms in total. The van der Waals surface area contributed by atoms with Crippen molar-refractivity contribution in [2.45, 2.75) is 89.7 Å². The number of nitrogens with zero attached hydrogens (tertiary/aromatic N) is 2. The van der Waals surface area contributed by atoms with Gasteiger partial charge in [0.25, 0.3) is 0 Å². The number of carboxylic acid groups (broad SMARTS) is 1. The summed E-state index contributed by atoms with van der Waals surface area (Å²) in [6.45, 7) is 10.7. The number of halogens is 3. The molecular weight excluding hydrogens is 557 g/mol. The molecule has 0 saturated heterocycles. The number of methoxy groups -OCH3 is 1. The van der Waals surface area contributed by atoms with Crippen molar-refractivity contribution >= 4 is 23.7 Å². The summed E-state index contributed by atoms with van der Waals surface area (Å²) in [5, 5.41) is 10.4. The molecule has 234 valence electrons. The molecule has 1 aromatic carbocycles. The van der Waals surface area contributed by atoms with E-state index in [1.54, 1.807) is 12.0 Å². The Morgan fingerprint density at radius 1 is 1.26 bits per heavy atom. The molecule has 1 aliphatic carbocycles. The van der Waals surface area contributed by atoms with Gasteiger partial charge in [0.15, 0.2) is 5.96 Å². The van der Waals surface area contributed by atoms with Crippen LogP contribution >= 0.6 is 0 Å². The monoisotopic (exact) mass is 598 g/mol. The maximum atomic E-state index is 13.5. The highest BCUT2D eigenvalue weighted by atomic mass is 19.4. The number of carboxylic acids is 1. The summed E-state index contributed by atoms with van der Waals surface area (Å²) >= 11 is 0. The van der Waals surface area contributed by atoms with Crippen molar-refractivity contribution in [3.63, 3.8) is 0 Å². The summed E-state index contributed by atoms with van der Waals surface area (Å²) in [6, 6.07) is 7.61. The maximum absolute atomic E-state index is 13.5. The first-order valence-electron chi connectivity index (χ1n) is 13.9. The highest BCUT2D eigenvalue weighted by Crippen LogP contribution is 2.47. The molecule has 0 radical (unpaired) electrons. The lowest BCUT2D eigenvalue weighted by atomic mass is 9.81. The van der Waals surface area contributed by atoms with Crippen molar-refractivity contribution in [3.8, 4) is 5.75 Å². The van der Waals surface area contributed by atoms with Gasteiger partial charge >= 0.3 is 12.1 Å². The SMILES string of the molecule is COCC[C@H]([C@@H]1C[C@H]1C(=O)NC1CC(C)(C(C)C)Oc2ccccc21)N1C(=O)CC(C)(C)N=C1N.O=C(O)C(F)(F)F. The zero-order valence-corrected chi connectivity index (χ0v) is 24.8. The van der Waals surface area contributed by atoms with Crippen LogP contribution in [0.3, 0.4) is 0 Å². The van der Waals surface area contributed by atoms with Crippen LogP contribution in [0.1, 0.15) is 71.9 Å². The zero-order chi connectivity index (χ0) is 31.6. The van der Waals surface area contributed by atoms with Crippen LogP contribution in [0, 0.1) is 17.8 Å².